The summed E-state index contributed by atoms with van der Waals surface area (Å²) in [4.78, 5) is 0. The van der Waals surface area contributed by atoms with E-state index in [0.29, 0.717) is 5.92 Å². The molecule has 1 aromatic carbocycles. The summed E-state index contributed by atoms with van der Waals surface area (Å²) in [5.41, 5.74) is 6.62. The molecule has 0 aromatic heterocycles. The zero-order valence-electron chi connectivity index (χ0n) is 11.4. The number of benzene rings is 1. The Morgan fingerprint density at radius 3 is 2.50 bits per heavy atom. The molecule has 1 aromatic rings. The molecule has 0 atom stereocenters. The fourth-order valence-corrected chi connectivity index (χ4v) is 2.24. The predicted molar refractivity (Wildman–Crippen MR) is 78.6 cm³/mol. The van der Waals surface area contributed by atoms with Crippen LogP contribution in [0.15, 0.2) is 18.2 Å². The molecular weight excluding hydrogens is 246 g/mol. The van der Waals surface area contributed by atoms with Crippen LogP contribution in [-0.4, -0.2) is 13.2 Å². The molecule has 0 spiro atoms. The minimum absolute atomic E-state index is 0.447. The lowest BCUT2D eigenvalue weighted by atomic mass is 10.0. The lowest BCUT2D eigenvalue weighted by Crippen LogP contribution is -2.00. The lowest BCUT2D eigenvalue weighted by molar-refractivity contribution is 0.305. The van der Waals surface area contributed by atoms with Crippen LogP contribution in [0, 0.1) is 0 Å². The van der Waals surface area contributed by atoms with Crippen molar-refractivity contribution in [1.29, 1.82) is 0 Å². The molecule has 18 heavy (non-hydrogen) atoms. The van der Waals surface area contributed by atoms with E-state index in [-0.39, 0.29) is 0 Å². The zero-order valence-corrected chi connectivity index (χ0v) is 12.2. The van der Waals surface area contributed by atoms with Crippen LogP contribution < -0.4 is 10.5 Å². The molecule has 0 radical (unpaired) electrons. The highest BCUT2D eigenvalue weighted by Crippen LogP contribution is 2.28. The predicted octanol–water partition coefficient (Wildman–Crippen LogP) is 4.36. The average molecular weight is 270 g/mol. The second-order valence-electron chi connectivity index (χ2n) is 4.89. The number of nitrogens with two attached hydrogens (primary N) is 1. The first kappa shape index (κ1) is 15.3. The first-order valence-corrected chi connectivity index (χ1v) is 7.15. The van der Waals surface area contributed by atoms with E-state index < -0.39 is 0 Å². The van der Waals surface area contributed by atoms with Gasteiger partial charge in [-0.1, -0.05) is 44.4 Å². The summed E-state index contributed by atoms with van der Waals surface area (Å²) in [7, 11) is 0. The van der Waals surface area contributed by atoms with Crippen molar-refractivity contribution in [2.75, 3.05) is 13.2 Å². The minimum atomic E-state index is 0.447. The summed E-state index contributed by atoms with van der Waals surface area (Å²) >= 11 is 6.21. The topological polar surface area (TPSA) is 35.2 Å². The minimum Gasteiger partial charge on any atom is -0.494 e. The highest BCUT2D eigenvalue weighted by atomic mass is 35.5. The first-order chi connectivity index (χ1) is 8.65. The van der Waals surface area contributed by atoms with E-state index in [2.05, 4.69) is 19.9 Å². The van der Waals surface area contributed by atoms with Crippen LogP contribution >= 0.6 is 11.6 Å². The Hall–Kier alpha value is -0.730. The molecule has 0 aliphatic carbocycles. The van der Waals surface area contributed by atoms with E-state index in [4.69, 9.17) is 22.1 Å². The summed E-state index contributed by atoms with van der Waals surface area (Å²) in [6.07, 6.45) is 4.54. The Morgan fingerprint density at radius 1 is 1.17 bits per heavy atom. The molecule has 0 saturated heterocycles. The van der Waals surface area contributed by atoms with Crippen LogP contribution in [-0.2, 0) is 0 Å². The molecular formula is C15H24ClNO. The molecule has 0 bridgehead atoms. The zero-order chi connectivity index (χ0) is 13.4. The average Bonchev–Trinajstić information content (AvgIpc) is 2.33. The second-order valence-corrected chi connectivity index (χ2v) is 5.30. The summed E-state index contributed by atoms with van der Waals surface area (Å²) in [6.45, 7) is 5.81. The largest absolute Gasteiger partial charge is 0.494 e. The Labute approximate surface area is 115 Å². The Balaban J connectivity index is 2.33. The Morgan fingerprint density at radius 2 is 1.89 bits per heavy atom. The van der Waals surface area contributed by atoms with Crippen molar-refractivity contribution in [1.82, 2.24) is 0 Å². The molecule has 2 nitrogen and oxygen atoms in total. The van der Waals surface area contributed by atoms with Crippen molar-refractivity contribution in [2.45, 2.75) is 45.4 Å². The van der Waals surface area contributed by atoms with E-state index in [1.807, 2.05) is 12.1 Å². The third-order valence-corrected chi connectivity index (χ3v) is 3.29. The van der Waals surface area contributed by atoms with E-state index in [0.717, 1.165) is 36.8 Å². The summed E-state index contributed by atoms with van der Waals surface area (Å²) in [6, 6.07) is 5.97. The molecule has 0 heterocycles. The molecule has 1 rings (SSSR count). The standard InChI is InChI=1S/C15H24ClNO/c1-12(2)14-8-7-13(11-15(14)16)18-10-6-4-3-5-9-17/h7-8,11-12H,3-6,9-10,17H2,1-2H3. The van der Waals surface area contributed by atoms with Gasteiger partial charge in [0, 0.05) is 5.02 Å². The Kier molecular flexibility index (Phi) is 7.14. The summed E-state index contributed by atoms with van der Waals surface area (Å²) < 4.78 is 5.69. The van der Waals surface area contributed by atoms with Gasteiger partial charge in [-0.2, -0.15) is 0 Å². The van der Waals surface area contributed by atoms with E-state index in [9.17, 15) is 0 Å². The number of ether oxygens (including phenoxy) is 1. The SMILES string of the molecule is CC(C)c1ccc(OCCCCCCN)cc1Cl. The molecule has 3 heteroatoms. The van der Waals surface area contributed by atoms with E-state index >= 15 is 0 Å². The van der Waals surface area contributed by atoms with Gasteiger partial charge < -0.3 is 10.5 Å². The van der Waals surface area contributed by atoms with Gasteiger partial charge in [-0.3, -0.25) is 0 Å². The van der Waals surface area contributed by atoms with Gasteiger partial charge in [-0.15, -0.1) is 0 Å². The number of hydrogen-bond donors (Lipinski definition) is 1. The molecule has 0 unspecified atom stereocenters. The number of rotatable bonds is 8. The number of unbranched alkanes of at least 4 members (excludes halogenated alkanes) is 3. The number of hydrogen-bond acceptors (Lipinski definition) is 2. The monoisotopic (exact) mass is 269 g/mol. The van der Waals surface area contributed by atoms with Gasteiger partial charge in [0.15, 0.2) is 0 Å². The fourth-order valence-electron chi connectivity index (χ4n) is 1.86. The Bertz CT molecular complexity index is 352. The van der Waals surface area contributed by atoms with Crippen molar-refractivity contribution in [3.05, 3.63) is 28.8 Å². The van der Waals surface area contributed by atoms with Gasteiger partial charge >= 0.3 is 0 Å². The van der Waals surface area contributed by atoms with Crippen molar-refractivity contribution >= 4 is 11.6 Å². The second kappa shape index (κ2) is 8.39. The maximum Gasteiger partial charge on any atom is 0.120 e. The van der Waals surface area contributed by atoms with Gasteiger partial charge in [-0.25, -0.2) is 0 Å². The third-order valence-electron chi connectivity index (χ3n) is 2.96. The highest BCUT2D eigenvalue weighted by molar-refractivity contribution is 6.31. The van der Waals surface area contributed by atoms with Crippen molar-refractivity contribution in [3.63, 3.8) is 0 Å². The van der Waals surface area contributed by atoms with Crippen molar-refractivity contribution in [3.8, 4) is 5.75 Å². The van der Waals surface area contributed by atoms with Crippen LogP contribution in [0.1, 0.15) is 51.0 Å². The van der Waals surface area contributed by atoms with Gasteiger partial charge in [0.25, 0.3) is 0 Å². The normalized spacial score (nSPS) is 10.9. The molecule has 0 amide bonds. The molecule has 2 N–H and O–H groups in total. The van der Waals surface area contributed by atoms with Crippen LogP contribution in [0.25, 0.3) is 0 Å². The van der Waals surface area contributed by atoms with Crippen molar-refractivity contribution < 1.29 is 4.74 Å². The maximum atomic E-state index is 6.21. The van der Waals surface area contributed by atoms with Crippen molar-refractivity contribution in [2.24, 2.45) is 5.73 Å². The summed E-state index contributed by atoms with van der Waals surface area (Å²) in [5, 5.41) is 0.797. The number of halogens is 1. The van der Waals surface area contributed by atoms with Crippen LogP contribution in [0.5, 0.6) is 5.75 Å². The lowest BCUT2D eigenvalue weighted by Gasteiger charge is -2.11. The molecule has 0 saturated carbocycles. The first-order valence-electron chi connectivity index (χ1n) is 6.77. The van der Waals surface area contributed by atoms with Crippen LogP contribution in [0.3, 0.4) is 0 Å². The smallest absolute Gasteiger partial charge is 0.120 e. The molecule has 0 fully saturated rings. The molecule has 0 aliphatic rings. The van der Waals surface area contributed by atoms with Gasteiger partial charge in [0.1, 0.15) is 5.75 Å². The van der Waals surface area contributed by atoms with Crippen LogP contribution in [0.2, 0.25) is 5.02 Å². The van der Waals surface area contributed by atoms with Gasteiger partial charge in [0.2, 0.25) is 0 Å². The van der Waals surface area contributed by atoms with Crippen LogP contribution in [0.4, 0.5) is 0 Å². The quantitative estimate of drug-likeness (QED) is 0.712. The molecule has 0 aliphatic heterocycles. The fraction of sp³-hybridized carbons (Fsp3) is 0.600. The van der Waals surface area contributed by atoms with E-state index in [1.165, 1.54) is 18.4 Å². The molecule has 102 valence electrons. The van der Waals surface area contributed by atoms with Gasteiger partial charge in [-0.05, 0) is 43.0 Å². The third kappa shape index (κ3) is 5.28. The highest BCUT2D eigenvalue weighted by Gasteiger charge is 2.06. The maximum absolute atomic E-state index is 6.21. The van der Waals surface area contributed by atoms with Gasteiger partial charge in [0.05, 0.1) is 6.61 Å². The summed E-state index contributed by atoms with van der Waals surface area (Å²) in [5.74, 6) is 1.31. The van der Waals surface area contributed by atoms with E-state index in [1.54, 1.807) is 0 Å².